The Bertz CT molecular complexity index is 769. The largest absolute Gasteiger partial charge is 0.313 e. The molecule has 0 aliphatic carbocycles. The number of hydrogen-bond donors (Lipinski definition) is 1. The van der Waals surface area contributed by atoms with Crippen LogP contribution in [0.1, 0.15) is 17.2 Å². The number of rotatable bonds is 4. The van der Waals surface area contributed by atoms with E-state index < -0.39 is 0 Å². The van der Waals surface area contributed by atoms with Crippen molar-refractivity contribution in [3.63, 3.8) is 0 Å². The summed E-state index contributed by atoms with van der Waals surface area (Å²) in [6.07, 6.45) is 4.32. The third-order valence-corrected chi connectivity index (χ3v) is 4.11. The highest BCUT2D eigenvalue weighted by Gasteiger charge is 2.17. The van der Waals surface area contributed by atoms with Gasteiger partial charge in [0, 0.05) is 22.3 Å². The lowest BCUT2D eigenvalue weighted by Crippen LogP contribution is -2.19. The highest BCUT2D eigenvalue weighted by atomic mass is 79.9. The zero-order valence-electron chi connectivity index (χ0n) is 11.6. The number of fused-ring (bicyclic) bond motifs is 1. The normalized spacial score (nSPS) is 12.7. The molecule has 1 unspecified atom stereocenters. The molecule has 2 heterocycles. The van der Waals surface area contributed by atoms with Crippen molar-refractivity contribution < 1.29 is 4.39 Å². The van der Waals surface area contributed by atoms with E-state index >= 15 is 0 Å². The Morgan fingerprint density at radius 2 is 2.19 bits per heavy atom. The fourth-order valence-corrected chi connectivity index (χ4v) is 2.83. The molecular formula is C16H15BrFN3. The first kappa shape index (κ1) is 14.2. The number of pyridine rings is 1. The van der Waals surface area contributed by atoms with Gasteiger partial charge in [-0.05, 0) is 43.3 Å². The van der Waals surface area contributed by atoms with E-state index in [0.717, 1.165) is 15.6 Å². The molecule has 5 heteroatoms. The molecule has 0 radical (unpaired) electrons. The molecule has 0 spiro atoms. The number of benzene rings is 1. The fraction of sp³-hybridized carbons (Fsp3) is 0.188. The number of likely N-dealkylation sites (N-methyl/N-ethyl adjacent to an activating group) is 1. The number of aromatic nitrogens is 2. The molecule has 0 saturated carbocycles. The van der Waals surface area contributed by atoms with Crippen LogP contribution in [0.25, 0.3) is 5.52 Å². The van der Waals surface area contributed by atoms with Crippen LogP contribution in [0.2, 0.25) is 0 Å². The number of nitrogens with zero attached hydrogens (tertiary/aromatic N) is 2. The van der Waals surface area contributed by atoms with Gasteiger partial charge in [-0.1, -0.05) is 28.1 Å². The van der Waals surface area contributed by atoms with Crippen LogP contribution in [0.5, 0.6) is 0 Å². The van der Waals surface area contributed by atoms with Gasteiger partial charge in [0.1, 0.15) is 5.82 Å². The zero-order chi connectivity index (χ0) is 14.8. The van der Waals surface area contributed by atoms with Crippen LogP contribution in [-0.4, -0.2) is 16.7 Å². The van der Waals surface area contributed by atoms with Gasteiger partial charge in [0.15, 0.2) is 0 Å². The Balaban J connectivity index is 1.95. The number of hydrogen-bond acceptors (Lipinski definition) is 2. The Labute approximate surface area is 130 Å². The number of halogens is 2. The highest BCUT2D eigenvalue weighted by molar-refractivity contribution is 9.10. The first-order valence-corrected chi connectivity index (χ1v) is 7.52. The van der Waals surface area contributed by atoms with Crippen LogP contribution in [-0.2, 0) is 6.42 Å². The van der Waals surface area contributed by atoms with E-state index in [1.807, 2.05) is 54.3 Å². The summed E-state index contributed by atoms with van der Waals surface area (Å²) in [4.78, 5) is 0. The monoisotopic (exact) mass is 347 g/mol. The second-order valence-electron chi connectivity index (χ2n) is 4.91. The fourth-order valence-electron chi connectivity index (χ4n) is 2.50. The summed E-state index contributed by atoms with van der Waals surface area (Å²) in [5.41, 5.74) is 2.79. The summed E-state index contributed by atoms with van der Waals surface area (Å²) >= 11 is 3.28. The molecule has 3 nitrogen and oxygen atoms in total. The van der Waals surface area contributed by atoms with Gasteiger partial charge < -0.3 is 5.32 Å². The second kappa shape index (κ2) is 5.95. The summed E-state index contributed by atoms with van der Waals surface area (Å²) in [5, 5.41) is 7.60. The van der Waals surface area contributed by atoms with E-state index in [2.05, 4.69) is 26.3 Å². The lowest BCUT2D eigenvalue weighted by molar-refractivity contribution is 0.556. The Kier molecular flexibility index (Phi) is 4.03. The van der Waals surface area contributed by atoms with Gasteiger partial charge in [0.05, 0.1) is 11.7 Å². The van der Waals surface area contributed by atoms with Gasteiger partial charge in [-0.3, -0.25) is 0 Å². The molecule has 1 aromatic carbocycles. The molecule has 1 N–H and O–H groups in total. The van der Waals surface area contributed by atoms with Gasteiger partial charge in [0.2, 0.25) is 0 Å². The Morgan fingerprint density at radius 3 is 2.95 bits per heavy atom. The molecular weight excluding hydrogens is 333 g/mol. The molecule has 21 heavy (non-hydrogen) atoms. The minimum absolute atomic E-state index is 0.0144. The predicted octanol–water partition coefficient (Wildman–Crippen LogP) is 3.74. The summed E-state index contributed by atoms with van der Waals surface area (Å²) in [6.45, 7) is 0. The summed E-state index contributed by atoms with van der Waals surface area (Å²) in [6, 6.07) is 11.1. The van der Waals surface area contributed by atoms with Crippen molar-refractivity contribution in [2.45, 2.75) is 12.5 Å². The average molecular weight is 348 g/mol. The molecule has 0 aliphatic heterocycles. The molecule has 2 aromatic heterocycles. The quantitative estimate of drug-likeness (QED) is 0.778. The standard InChI is InChI=1S/C16H15BrFN3/c1-19-15(8-11-5-6-12(17)9-14(11)18)13-10-20-21-7-3-2-4-16(13)21/h2-7,9-10,15,19H,8H2,1H3. The Morgan fingerprint density at radius 1 is 1.33 bits per heavy atom. The summed E-state index contributed by atoms with van der Waals surface area (Å²) in [7, 11) is 1.88. The van der Waals surface area contributed by atoms with Crippen LogP contribution in [0, 0.1) is 5.82 Å². The van der Waals surface area contributed by atoms with Gasteiger partial charge in [-0.15, -0.1) is 0 Å². The van der Waals surface area contributed by atoms with Crippen molar-refractivity contribution in [3.8, 4) is 0 Å². The zero-order valence-corrected chi connectivity index (χ0v) is 13.1. The smallest absolute Gasteiger partial charge is 0.127 e. The van der Waals surface area contributed by atoms with Crippen LogP contribution in [0.4, 0.5) is 4.39 Å². The van der Waals surface area contributed by atoms with E-state index in [-0.39, 0.29) is 11.9 Å². The van der Waals surface area contributed by atoms with Crippen molar-refractivity contribution in [1.29, 1.82) is 0 Å². The van der Waals surface area contributed by atoms with Crippen LogP contribution < -0.4 is 5.32 Å². The third-order valence-electron chi connectivity index (χ3n) is 3.62. The van der Waals surface area contributed by atoms with Crippen molar-refractivity contribution >= 4 is 21.4 Å². The van der Waals surface area contributed by atoms with Gasteiger partial charge in [0.25, 0.3) is 0 Å². The van der Waals surface area contributed by atoms with Crippen molar-refractivity contribution in [2.75, 3.05) is 7.05 Å². The lowest BCUT2D eigenvalue weighted by Gasteiger charge is -2.16. The van der Waals surface area contributed by atoms with Crippen LogP contribution >= 0.6 is 15.9 Å². The minimum atomic E-state index is -0.193. The van der Waals surface area contributed by atoms with Gasteiger partial charge in [-0.25, -0.2) is 8.91 Å². The molecule has 3 rings (SSSR count). The molecule has 108 valence electrons. The second-order valence-corrected chi connectivity index (χ2v) is 5.83. The predicted molar refractivity (Wildman–Crippen MR) is 84.8 cm³/mol. The van der Waals surface area contributed by atoms with E-state index in [0.29, 0.717) is 12.0 Å². The van der Waals surface area contributed by atoms with Gasteiger partial charge in [-0.2, -0.15) is 5.10 Å². The maximum Gasteiger partial charge on any atom is 0.127 e. The molecule has 3 aromatic rings. The maximum absolute atomic E-state index is 14.0. The first-order chi connectivity index (χ1) is 10.2. The molecule has 0 bridgehead atoms. The molecule has 0 saturated heterocycles. The molecule has 1 atom stereocenters. The number of nitrogens with one attached hydrogen (secondary N) is 1. The van der Waals surface area contributed by atoms with E-state index in [4.69, 9.17) is 0 Å². The Hall–Kier alpha value is -1.72. The van der Waals surface area contributed by atoms with Crippen molar-refractivity contribution in [3.05, 3.63) is 70.2 Å². The summed E-state index contributed by atoms with van der Waals surface area (Å²) in [5.74, 6) is -0.193. The minimum Gasteiger partial charge on any atom is -0.313 e. The van der Waals surface area contributed by atoms with Crippen molar-refractivity contribution in [2.24, 2.45) is 0 Å². The van der Waals surface area contributed by atoms with E-state index in [1.165, 1.54) is 6.07 Å². The molecule has 0 aliphatic rings. The molecule has 0 fully saturated rings. The molecule has 0 amide bonds. The average Bonchev–Trinajstić information content (AvgIpc) is 2.91. The van der Waals surface area contributed by atoms with Crippen molar-refractivity contribution in [1.82, 2.24) is 14.9 Å². The highest BCUT2D eigenvalue weighted by Crippen LogP contribution is 2.25. The van der Waals surface area contributed by atoms with E-state index in [9.17, 15) is 4.39 Å². The van der Waals surface area contributed by atoms with Crippen LogP contribution in [0.15, 0.2) is 53.3 Å². The summed E-state index contributed by atoms with van der Waals surface area (Å²) < 4.78 is 16.6. The maximum atomic E-state index is 14.0. The van der Waals surface area contributed by atoms with E-state index in [1.54, 1.807) is 0 Å². The lowest BCUT2D eigenvalue weighted by atomic mass is 9.99. The topological polar surface area (TPSA) is 29.3 Å². The van der Waals surface area contributed by atoms with Crippen LogP contribution in [0.3, 0.4) is 0 Å². The SMILES string of the molecule is CNC(Cc1ccc(Br)cc1F)c1cnn2ccccc12. The third kappa shape index (κ3) is 2.84. The van der Waals surface area contributed by atoms with Gasteiger partial charge >= 0.3 is 0 Å². The first-order valence-electron chi connectivity index (χ1n) is 6.72.